The maximum atomic E-state index is 10.9. The summed E-state index contributed by atoms with van der Waals surface area (Å²) in [6.07, 6.45) is 6.90. The van der Waals surface area contributed by atoms with Crippen LogP contribution in [0.1, 0.15) is 67.0 Å². The Morgan fingerprint density at radius 2 is 2.12 bits per heavy atom. The largest absolute Gasteiger partial charge is 0.475 e. The number of rotatable bonds is 3. The first-order chi connectivity index (χ1) is 7.72. The molecule has 4 heteroatoms. The molecule has 1 aliphatic rings. The summed E-state index contributed by atoms with van der Waals surface area (Å²) in [7, 11) is 0. The minimum atomic E-state index is -0.961. The van der Waals surface area contributed by atoms with Crippen molar-refractivity contribution in [2.75, 3.05) is 0 Å². The van der Waals surface area contributed by atoms with Crippen LogP contribution in [0.15, 0.2) is 0 Å². The number of aromatic amines is 1. The van der Waals surface area contributed by atoms with Crippen molar-refractivity contribution in [3.05, 3.63) is 17.2 Å². The van der Waals surface area contributed by atoms with Gasteiger partial charge in [-0.15, -0.1) is 0 Å². The Morgan fingerprint density at radius 1 is 1.44 bits per heavy atom. The normalized spacial score (nSPS) is 17.6. The molecule has 88 valence electrons. The van der Waals surface area contributed by atoms with Crippen molar-refractivity contribution in [2.45, 2.75) is 51.4 Å². The molecule has 0 bridgehead atoms. The van der Waals surface area contributed by atoms with E-state index in [1.807, 2.05) is 6.92 Å². The lowest BCUT2D eigenvalue weighted by atomic mass is 9.86. The van der Waals surface area contributed by atoms with Crippen LogP contribution in [0.2, 0.25) is 0 Å². The van der Waals surface area contributed by atoms with Crippen molar-refractivity contribution in [1.29, 1.82) is 0 Å². The summed E-state index contributed by atoms with van der Waals surface area (Å²) < 4.78 is 0. The van der Waals surface area contributed by atoms with E-state index in [0.717, 1.165) is 30.7 Å². The van der Waals surface area contributed by atoms with Crippen molar-refractivity contribution in [2.24, 2.45) is 0 Å². The van der Waals surface area contributed by atoms with E-state index in [1.54, 1.807) is 0 Å². The molecule has 0 unspecified atom stereocenters. The average Bonchev–Trinajstić information content (AvgIpc) is 2.74. The first kappa shape index (κ1) is 11.2. The molecule has 1 saturated carbocycles. The van der Waals surface area contributed by atoms with Gasteiger partial charge in [0.15, 0.2) is 0 Å². The van der Waals surface area contributed by atoms with Gasteiger partial charge in [0.25, 0.3) is 0 Å². The lowest BCUT2D eigenvalue weighted by Gasteiger charge is -2.20. The SMILES string of the molecule is CCc1[nH]c(C(=O)O)nc1C1CCCCC1. The number of aromatic carboxylic acids is 1. The Balaban J connectivity index is 2.26. The molecule has 2 N–H and O–H groups in total. The highest BCUT2D eigenvalue weighted by Gasteiger charge is 2.23. The van der Waals surface area contributed by atoms with Crippen molar-refractivity contribution in [3.63, 3.8) is 0 Å². The van der Waals surface area contributed by atoms with Crippen molar-refractivity contribution >= 4 is 5.97 Å². The number of nitrogens with zero attached hydrogens (tertiary/aromatic N) is 1. The number of carbonyl (C=O) groups is 1. The summed E-state index contributed by atoms with van der Waals surface area (Å²) in [5.41, 5.74) is 2.00. The Kier molecular flexibility index (Phi) is 3.27. The van der Waals surface area contributed by atoms with Crippen molar-refractivity contribution in [3.8, 4) is 0 Å². The minimum Gasteiger partial charge on any atom is -0.475 e. The van der Waals surface area contributed by atoms with Gasteiger partial charge in [0.2, 0.25) is 5.82 Å². The third kappa shape index (κ3) is 2.10. The van der Waals surface area contributed by atoms with Crippen LogP contribution in [-0.2, 0) is 6.42 Å². The molecule has 0 saturated heterocycles. The van der Waals surface area contributed by atoms with Crippen molar-refractivity contribution in [1.82, 2.24) is 9.97 Å². The van der Waals surface area contributed by atoms with Gasteiger partial charge >= 0.3 is 5.97 Å². The van der Waals surface area contributed by atoms with E-state index >= 15 is 0 Å². The maximum Gasteiger partial charge on any atom is 0.371 e. The fourth-order valence-electron chi connectivity index (χ4n) is 2.51. The monoisotopic (exact) mass is 222 g/mol. The maximum absolute atomic E-state index is 10.9. The molecule has 0 spiro atoms. The van der Waals surface area contributed by atoms with E-state index < -0.39 is 5.97 Å². The molecule has 1 aliphatic carbocycles. The standard InChI is InChI=1S/C12H18N2O2/c1-2-9-10(8-6-4-3-5-7-8)14-11(13-9)12(15)16/h8H,2-7H2,1H3,(H,13,14)(H,15,16). The number of nitrogens with one attached hydrogen (secondary N) is 1. The Morgan fingerprint density at radius 3 is 2.69 bits per heavy atom. The number of hydrogen-bond donors (Lipinski definition) is 2. The van der Waals surface area contributed by atoms with Gasteiger partial charge in [-0.25, -0.2) is 9.78 Å². The molecule has 0 atom stereocenters. The first-order valence-corrected chi connectivity index (χ1v) is 6.04. The van der Waals surface area contributed by atoms with Gasteiger partial charge in [-0.1, -0.05) is 26.2 Å². The van der Waals surface area contributed by atoms with Crippen LogP contribution in [0.25, 0.3) is 0 Å². The van der Waals surface area contributed by atoms with Crippen molar-refractivity contribution < 1.29 is 9.90 Å². The predicted octanol–water partition coefficient (Wildman–Crippen LogP) is 2.72. The molecule has 0 radical (unpaired) electrons. The molecule has 0 amide bonds. The molecule has 1 aromatic rings. The molecule has 1 fully saturated rings. The van der Waals surface area contributed by atoms with Crippen LogP contribution >= 0.6 is 0 Å². The fourth-order valence-corrected chi connectivity index (χ4v) is 2.51. The van der Waals surface area contributed by atoms with Gasteiger partial charge in [0.05, 0.1) is 5.69 Å². The molecular weight excluding hydrogens is 204 g/mol. The van der Waals surface area contributed by atoms with Gasteiger partial charge in [-0.2, -0.15) is 0 Å². The van der Waals surface area contributed by atoms with E-state index in [4.69, 9.17) is 5.11 Å². The molecule has 1 aromatic heterocycles. The summed E-state index contributed by atoms with van der Waals surface area (Å²) in [4.78, 5) is 18.0. The summed E-state index contributed by atoms with van der Waals surface area (Å²) >= 11 is 0. The van der Waals surface area contributed by atoms with E-state index in [0.29, 0.717) is 5.92 Å². The van der Waals surface area contributed by atoms with Gasteiger partial charge in [-0.3, -0.25) is 0 Å². The molecule has 0 aliphatic heterocycles. The number of hydrogen-bond acceptors (Lipinski definition) is 2. The number of aryl methyl sites for hydroxylation is 1. The van der Waals surface area contributed by atoms with E-state index in [9.17, 15) is 4.79 Å². The number of aromatic nitrogens is 2. The zero-order valence-electron chi connectivity index (χ0n) is 9.62. The second-order valence-corrected chi connectivity index (χ2v) is 4.44. The van der Waals surface area contributed by atoms with Crippen LogP contribution in [0, 0.1) is 0 Å². The van der Waals surface area contributed by atoms with E-state index in [2.05, 4.69) is 9.97 Å². The molecular formula is C12H18N2O2. The Hall–Kier alpha value is -1.32. The van der Waals surface area contributed by atoms with Crippen LogP contribution in [0.3, 0.4) is 0 Å². The highest BCUT2D eigenvalue weighted by atomic mass is 16.4. The Bertz CT molecular complexity index is 378. The van der Waals surface area contributed by atoms with Crippen LogP contribution in [0.4, 0.5) is 0 Å². The zero-order valence-corrected chi connectivity index (χ0v) is 9.62. The fraction of sp³-hybridized carbons (Fsp3) is 0.667. The molecule has 0 aromatic carbocycles. The summed E-state index contributed by atoms with van der Waals surface area (Å²) in [6, 6.07) is 0. The smallest absolute Gasteiger partial charge is 0.371 e. The Labute approximate surface area is 95.1 Å². The van der Waals surface area contributed by atoms with E-state index in [1.165, 1.54) is 19.3 Å². The lowest BCUT2D eigenvalue weighted by molar-refractivity contribution is 0.0684. The molecule has 16 heavy (non-hydrogen) atoms. The quantitative estimate of drug-likeness (QED) is 0.826. The van der Waals surface area contributed by atoms with Crippen LogP contribution in [-0.4, -0.2) is 21.0 Å². The third-order valence-electron chi connectivity index (χ3n) is 3.36. The number of carboxylic acids is 1. The highest BCUT2D eigenvalue weighted by Crippen LogP contribution is 2.33. The first-order valence-electron chi connectivity index (χ1n) is 6.04. The van der Waals surface area contributed by atoms with Gasteiger partial charge in [0.1, 0.15) is 0 Å². The second kappa shape index (κ2) is 4.68. The predicted molar refractivity (Wildman–Crippen MR) is 60.8 cm³/mol. The van der Waals surface area contributed by atoms with Gasteiger partial charge in [-0.05, 0) is 19.3 Å². The molecule has 2 rings (SSSR count). The van der Waals surface area contributed by atoms with Gasteiger partial charge in [0, 0.05) is 11.6 Å². The van der Waals surface area contributed by atoms with Crippen LogP contribution in [0.5, 0.6) is 0 Å². The topological polar surface area (TPSA) is 66.0 Å². The average molecular weight is 222 g/mol. The molecule has 1 heterocycles. The summed E-state index contributed by atoms with van der Waals surface area (Å²) in [6.45, 7) is 2.03. The summed E-state index contributed by atoms with van der Waals surface area (Å²) in [5, 5.41) is 8.92. The highest BCUT2D eigenvalue weighted by molar-refractivity contribution is 5.83. The van der Waals surface area contributed by atoms with E-state index in [-0.39, 0.29) is 5.82 Å². The van der Waals surface area contributed by atoms with Crippen LogP contribution < -0.4 is 0 Å². The summed E-state index contributed by atoms with van der Waals surface area (Å²) in [5.74, 6) is -0.401. The zero-order chi connectivity index (χ0) is 11.5. The third-order valence-corrected chi connectivity index (χ3v) is 3.36. The number of H-pyrrole nitrogens is 1. The lowest BCUT2D eigenvalue weighted by Crippen LogP contribution is -2.07. The number of imidazole rings is 1. The second-order valence-electron chi connectivity index (χ2n) is 4.44. The van der Waals surface area contributed by atoms with Gasteiger partial charge < -0.3 is 10.1 Å². The minimum absolute atomic E-state index is 0.0948. The number of carboxylic acid groups (broad SMARTS) is 1. The molecule has 4 nitrogen and oxygen atoms in total.